The quantitative estimate of drug-likeness (QED) is 0.748. The van der Waals surface area contributed by atoms with E-state index < -0.39 is 0 Å². The Hall–Kier alpha value is -0.0400. The van der Waals surface area contributed by atoms with E-state index in [1.165, 1.54) is 38.6 Å². The van der Waals surface area contributed by atoms with Crippen molar-refractivity contribution in [1.82, 2.24) is 5.32 Å². The number of rotatable bonds is 4. The lowest BCUT2D eigenvalue weighted by Gasteiger charge is -2.38. The van der Waals surface area contributed by atoms with Crippen LogP contribution >= 0.6 is 0 Å². The van der Waals surface area contributed by atoms with Crippen molar-refractivity contribution in [2.45, 2.75) is 58.9 Å². The van der Waals surface area contributed by atoms with Crippen molar-refractivity contribution in [3.8, 4) is 0 Å². The summed E-state index contributed by atoms with van der Waals surface area (Å²) in [7, 11) is 0. The standard InChI is InChI=1S/C14H27N/c1-10(2)13-7-4-11(3)8-14(13)15-9-12-5-6-12/h10-15H,4-9H2,1-3H3/t11-,13-,14+/m0/s1. The number of nitrogens with one attached hydrogen (secondary N) is 1. The lowest BCUT2D eigenvalue weighted by molar-refractivity contribution is 0.169. The normalized spacial score (nSPS) is 37.2. The second-order valence-electron chi connectivity index (χ2n) is 6.28. The molecule has 2 aliphatic carbocycles. The molecule has 1 N–H and O–H groups in total. The highest BCUT2D eigenvalue weighted by Crippen LogP contribution is 2.34. The lowest BCUT2D eigenvalue weighted by Crippen LogP contribution is -2.43. The van der Waals surface area contributed by atoms with Gasteiger partial charge >= 0.3 is 0 Å². The molecular weight excluding hydrogens is 182 g/mol. The molecule has 0 aromatic rings. The van der Waals surface area contributed by atoms with Crippen molar-refractivity contribution in [1.29, 1.82) is 0 Å². The molecule has 2 aliphatic rings. The second kappa shape index (κ2) is 4.86. The molecule has 15 heavy (non-hydrogen) atoms. The summed E-state index contributed by atoms with van der Waals surface area (Å²) in [5, 5.41) is 3.85. The summed E-state index contributed by atoms with van der Waals surface area (Å²) >= 11 is 0. The van der Waals surface area contributed by atoms with Gasteiger partial charge in [-0.15, -0.1) is 0 Å². The van der Waals surface area contributed by atoms with Crippen LogP contribution in [0, 0.1) is 23.7 Å². The van der Waals surface area contributed by atoms with Crippen molar-refractivity contribution in [3.63, 3.8) is 0 Å². The minimum atomic E-state index is 0.814. The van der Waals surface area contributed by atoms with Crippen molar-refractivity contribution < 1.29 is 0 Å². The van der Waals surface area contributed by atoms with Crippen LogP contribution in [-0.4, -0.2) is 12.6 Å². The maximum absolute atomic E-state index is 3.85. The molecule has 3 atom stereocenters. The van der Waals surface area contributed by atoms with Gasteiger partial charge in [0.2, 0.25) is 0 Å². The van der Waals surface area contributed by atoms with Gasteiger partial charge in [0, 0.05) is 6.04 Å². The molecule has 0 radical (unpaired) electrons. The van der Waals surface area contributed by atoms with Gasteiger partial charge in [0.1, 0.15) is 0 Å². The SMILES string of the molecule is CC(C)[C@@H]1CC[C@H](C)C[C@H]1NCC1CC1. The molecule has 0 saturated heterocycles. The molecule has 1 heteroatoms. The summed E-state index contributed by atoms with van der Waals surface area (Å²) in [6, 6.07) is 0.814. The Labute approximate surface area is 95.0 Å². The van der Waals surface area contributed by atoms with Gasteiger partial charge in [-0.25, -0.2) is 0 Å². The molecule has 0 aromatic heterocycles. The Morgan fingerprint density at radius 2 is 1.87 bits per heavy atom. The van der Waals surface area contributed by atoms with Crippen LogP contribution in [0.25, 0.3) is 0 Å². The van der Waals surface area contributed by atoms with E-state index in [1.54, 1.807) is 0 Å². The highest BCUT2D eigenvalue weighted by molar-refractivity contribution is 4.87. The zero-order chi connectivity index (χ0) is 10.8. The summed E-state index contributed by atoms with van der Waals surface area (Å²) in [4.78, 5) is 0. The first-order chi connectivity index (χ1) is 7.16. The topological polar surface area (TPSA) is 12.0 Å². The highest BCUT2D eigenvalue weighted by atomic mass is 14.9. The van der Waals surface area contributed by atoms with Crippen molar-refractivity contribution in [2.24, 2.45) is 23.7 Å². The van der Waals surface area contributed by atoms with Crippen LogP contribution in [0.3, 0.4) is 0 Å². The number of hydrogen-bond donors (Lipinski definition) is 1. The summed E-state index contributed by atoms with van der Waals surface area (Å²) in [5.74, 6) is 3.75. The van der Waals surface area contributed by atoms with Crippen LogP contribution in [0.15, 0.2) is 0 Å². The molecule has 0 heterocycles. The molecule has 2 rings (SSSR count). The van der Waals surface area contributed by atoms with Crippen LogP contribution in [0.2, 0.25) is 0 Å². The highest BCUT2D eigenvalue weighted by Gasteiger charge is 2.31. The first-order valence-corrected chi connectivity index (χ1v) is 6.90. The van der Waals surface area contributed by atoms with Crippen molar-refractivity contribution in [3.05, 3.63) is 0 Å². The van der Waals surface area contributed by atoms with Crippen LogP contribution in [0.1, 0.15) is 52.9 Å². The van der Waals surface area contributed by atoms with Gasteiger partial charge in [0.25, 0.3) is 0 Å². The van der Waals surface area contributed by atoms with Gasteiger partial charge < -0.3 is 5.32 Å². The smallest absolute Gasteiger partial charge is 0.0100 e. The van der Waals surface area contributed by atoms with E-state index in [4.69, 9.17) is 0 Å². The minimum absolute atomic E-state index is 0.814. The van der Waals surface area contributed by atoms with Crippen LogP contribution in [0.5, 0.6) is 0 Å². The summed E-state index contributed by atoms with van der Waals surface area (Å²) < 4.78 is 0. The Morgan fingerprint density at radius 1 is 1.13 bits per heavy atom. The van der Waals surface area contributed by atoms with E-state index in [9.17, 15) is 0 Å². The monoisotopic (exact) mass is 209 g/mol. The fraction of sp³-hybridized carbons (Fsp3) is 1.00. The molecule has 0 amide bonds. The molecule has 0 aliphatic heterocycles. The Bertz CT molecular complexity index is 196. The third-order valence-corrected chi connectivity index (χ3v) is 4.39. The molecule has 0 spiro atoms. The van der Waals surface area contributed by atoms with Gasteiger partial charge in [-0.05, 0) is 55.9 Å². The third kappa shape index (κ3) is 3.21. The summed E-state index contributed by atoms with van der Waals surface area (Å²) in [5.41, 5.74) is 0. The van der Waals surface area contributed by atoms with E-state index in [0.717, 1.165) is 29.7 Å². The van der Waals surface area contributed by atoms with Gasteiger partial charge in [0.15, 0.2) is 0 Å². The zero-order valence-electron chi connectivity index (χ0n) is 10.6. The zero-order valence-corrected chi connectivity index (χ0v) is 10.6. The fourth-order valence-corrected chi connectivity index (χ4v) is 3.08. The summed E-state index contributed by atoms with van der Waals surface area (Å²) in [6.45, 7) is 8.50. The molecule has 88 valence electrons. The number of hydrogen-bond acceptors (Lipinski definition) is 1. The van der Waals surface area contributed by atoms with Crippen molar-refractivity contribution in [2.75, 3.05) is 6.54 Å². The van der Waals surface area contributed by atoms with Crippen LogP contribution in [0.4, 0.5) is 0 Å². The average Bonchev–Trinajstić information content (AvgIpc) is 2.97. The third-order valence-electron chi connectivity index (χ3n) is 4.39. The van der Waals surface area contributed by atoms with Gasteiger partial charge in [-0.2, -0.15) is 0 Å². The van der Waals surface area contributed by atoms with Gasteiger partial charge in [0.05, 0.1) is 0 Å². The maximum Gasteiger partial charge on any atom is 0.0100 e. The predicted octanol–water partition coefficient (Wildman–Crippen LogP) is 3.45. The van der Waals surface area contributed by atoms with Crippen LogP contribution < -0.4 is 5.32 Å². The first kappa shape index (κ1) is 11.4. The molecule has 0 aromatic carbocycles. The molecule has 1 nitrogen and oxygen atoms in total. The lowest BCUT2D eigenvalue weighted by atomic mass is 9.74. The Morgan fingerprint density at radius 3 is 2.47 bits per heavy atom. The van der Waals surface area contributed by atoms with E-state index >= 15 is 0 Å². The predicted molar refractivity (Wildman–Crippen MR) is 65.9 cm³/mol. The van der Waals surface area contributed by atoms with Crippen molar-refractivity contribution >= 4 is 0 Å². The van der Waals surface area contributed by atoms with E-state index in [-0.39, 0.29) is 0 Å². The molecular formula is C14H27N. The largest absolute Gasteiger partial charge is 0.313 e. The fourth-order valence-electron chi connectivity index (χ4n) is 3.08. The Balaban J connectivity index is 1.83. The molecule has 0 unspecified atom stereocenters. The minimum Gasteiger partial charge on any atom is -0.313 e. The molecule has 2 saturated carbocycles. The van der Waals surface area contributed by atoms with E-state index in [2.05, 4.69) is 26.1 Å². The van der Waals surface area contributed by atoms with E-state index in [0.29, 0.717) is 0 Å². The van der Waals surface area contributed by atoms with Crippen LogP contribution in [-0.2, 0) is 0 Å². The summed E-state index contributed by atoms with van der Waals surface area (Å²) in [6.07, 6.45) is 7.25. The Kier molecular flexibility index (Phi) is 3.71. The van der Waals surface area contributed by atoms with E-state index in [1.807, 2.05) is 0 Å². The average molecular weight is 209 g/mol. The molecule has 2 fully saturated rings. The second-order valence-corrected chi connectivity index (χ2v) is 6.28. The van der Waals surface area contributed by atoms with Gasteiger partial charge in [-0.1, -0.05) is 27.2 Å². The molecule has 0 bridgehead atoms. The van der Waals surface area contributed by atoms with Gasteiger partial charge in [-0.3, -0.25) is 0 Å². The maximum atomic E-state index is 3.85. The first-order valence-electron chi connectivity index (χ1n) is 6.90.